The number of nitrogens with zero attached hydrogens (tertiary/aromatic N) is 7. The number of amides is 2. The molecule has 0 aliphatic carbocycles. The van der Waals surface area contributed by atoms with Crippen molar-refractivity contribution >= 4 is 29.3 Å². The van der Waals surface area contributed by atoms with E-state index >= 15 is 0 Å². The molecule has 5 rings (SSSR count). The summed E-state index contributed by atoms with van der Waals surface area (Å²) in [7, 11) is 1.85. The van der Waals surface area contributed by atoms with Gasteiger partial charge in [-0.3, -0.25) is 14.3 Å². The van der Waals surface area contributed by atoms with Crippen LogP contribution in [0.25, 0.3) is 11.1 Å². The number of hydrogen-bond donors (Lipinski definition) is 1. The van der Waals surface area contributed by atoms with Gasteiger partial charge in [0.1, 0.15) is 5.82 Å². The van der Waals surface area contributed by atoms with Crippen molar-refractivity contribution in [1.82, 2.24) is 29.5 Å². The Bertz CT molecular complexity index is 1260. The third-order valence-electron chi connectivity index (χ3n) is 6.63. The maximum absolute atomic E-state index is 12.8. The van der Waals surface area contributed by atoms with Crippen LogP contribution < -0.4 is 10.2 Å². The van der Waals surface area contributed by atoms with Gasteiger partial charge >= 0.3 is 0 Å². The number of carbonyl (C=O) groups is 2. The molecule has 186 valence electrons. The molecular formula is C26H30N8O2. The Morgan fingerprint density at radius 2 is 1.69 bits per heavy atom. The van der Waals surface area contributed by atoms with Crippen molar-refractivity contribution in [1.29, 1.82) is 0 Å². The summed E-state index contributed by atoms with van der Waals surface area (Å²) in [4.78, 5) is 40.1. The van der Waals surface area contributed by atoms with E-state index in [1.54, 1.807) is 22.0 Å². The van der Waals surface area contributed by atoms with Gasteiger partial charge in [-0.2, -0.15) is 10.1 Å². The van der Waals surface area contributed by atoms with Crippen molar-refractivity contribution in [3.63, 3.8) is 0 Å². The second-order valence-corrected chi connectivity index (χ2v) is 9.05. The third-order valence-corrected chi connectivity index (χ3v) is 6.63. The topological polar surface area (TPSA) is 99.5 Å². The zero-order valence-electron chi connectivity index (χ0n) is 20.4. The highest BCUT2D eigenvalue weighted by molar-refractivity contribution is 5.95. The van der Waals surface area contributed by atoms with E-state index in [1.165, 1.54) is 6.08 Å². The van der Waals surface area contributed by atoms with Gasteiger partial charge in [-0.05, 0) is 36.6 Å². The van der Waals surface area contributed by atoms with E-state index in [9.17, 15) is 9.59 Å². The fraction of sp³-hybridized carbons (Fsp3) is 0.346. The molecule has 10 heteroatoms. The number of aryl methyl sites for hydroxylation is 1. The molecule has 2 aliphatic heterocycles. The van der Waals surface area contributed by atoms with Gasteiger partial charge in [-0.1, -0.05) is 18.7 Å². The number of piperazine rings is 1. The lowest BCUT2D eigenvalue weighted by atomic mass is 10.0. The first-order chi connectivity index (χ1) is 17.5. The molecule has 2 saturated heterocycles. The van der Waals surface area contributed by atoms with Gasteiger partial charge in [0.2, 0.25) is 11.9 Å². The van der Waals surface area contributed by atoms with Crippen molar-refractivity contribution in [2.24, 2.45) is 7.05 Å². The van der Waals surface area contributed by atoms with Crippen LogP contribution in [0.2, 0.25) is 0 Å². The van der Waals surface area contributed by atoms with Gasteiger partial charge in [0.05, 0.1) is 11.9 Å². The molecule has 0 radical (unpaired) electrons. The Balaban J connectivity index is 1.43. The smallest absolute Gasteiger partial charge is 0.253 e. The fourth-order valence-electron chi connectivity index (χ4n) is 4.66. The molecule has 3 aromatic rings. The third kappa shape index (κ3) is 4.93. The molecular weight excluding hydrogens is 456 g/mol. The van der Waals surface area contributed by atoms with Gasteiger partial charge in [-0.15, -0.1) is 0 Å². The lowest BCUT2D eigenvalue weighted by Crippen LogP contribution is -2.48. The number of nitrogens with one attached hydrogen (secondary N) is 1. The minimum atomic E-state index is -0.0604. The summed E-state index contributed by atoms with van der Waals surface area (Å²) in [5.41, 5.74) is 3.29. The summed E-state index contributed by atoms with van der Waals surface area (Å²) in [6, 6.07) is 7.67. The number of likely N-dealkylation sites (tertiary alicyclic amines) is 1. The molecule has 0 unspecified atom stereocenters. The molecule has 10 nitrogen and oxygen atoms in total. The Hall–Kier alpha value is -4.21. The molecule has 0 saturated carbocycles. The van der Waals surface area contributed by atoms with E-state index < -0.39 is 0 Å². The predicted octanol–water partition coefficient (Wildman–Crippen LogP) is 2.69. The van der Waals surface area contributed by atoms with Crippen LogP contribution in [0.15, 0.2) is 55.5 Å². The normalized spacial score (nSPS) is 15.8. The van der Waals surface area contributed by atoms with Crippen LogP contribution in [0.3, 0.4) is 0 Å². The minimum absolute atomic E-state index is 0.0604. The van der Waals surface area contributed by atoms with E-state index in [0.717, 1.165) is 48.6 Å². The SMILES string of the molecule is C=CC(=O)N1CCN(c2nc(Nc3cnn(C)c3)ncc2-c2ccc(C(=O)N3CCCC3)cc2)CC1. The van der Waals surface area contributed by atoms with Crippen molar-refractivity contribution in [2.45, 2.75) is 12.8 Å². The standard InChI is InChI=1S/C26H30N8O2/c1-3-23(35)32-12-14-33(15-13-32)24-22(17-27-26(30-24)29-21-16-28-31(2)18-21)19-6-8-20(9-7-19)25(36)34-10-4-5-11-34/h3,6-9,16-18H,1,4-5,10-15H2,2H3,(H,27,29,30). The minimum Gasteiger partial charge on any atom is -0.352 e. The monoisotopic (exact) mass is 486 g/mol. The zero-order valence-corrected chi connectivity index (χ0v) is 20.4. The van der Waals surface area contributed by atoms with E-state index in [1.807, 2.05) is 42.4 Å². The summed E-state index contributed by atoms with van der Waals surface area (Å²) >= 11 is 0. The van der Waals surface area contributed by atoms with Crippen LogP contribution in [0.1, 0.15) is 23.2 Å². The Kier molecular flexibility index (Phi) is 6.66. The van der Waals surface area contributed by atoms with Crippen LogP contribution in [-0.4, -0.2) is 80.6 Å². The zero-order chi connectivity index (χ0) is 25.1. The Morgan fingerprint density at radius 3 is 2.33 bits per heavy atom. The largest absolute Gasteiger partial charge is 0.352 e. The highest BCUT2D eigenvalue weighted by Gasteiger charge is 2.24. The van der Waals surface area contributed by atoms with Gasteiger partial charge in [0.25, 0.3) is 5.91 Å². The molecule has 2 aliphatic rings. The first-order valence-corrected chi connectivity index (χ1v) is 12.2. The van der Waals surface area contributed by atoms with Crippen LogP contribution in [0.4, 0.5) is 17.5 Å². The first kappa shape index (κ1) is 23.5. The maximum Gasteiger partial charge on any atom is 0.253 e. The van der Waals surface area contributed by atoms with Crippen LogP contribution in [-0.2, 0) is 11.8 Å². The second-order valence-electron chi connectivity index (χ2n) is 9.05. The van der Waals surface area contributed by atoms with E-state index in [2.05, 4.69) is 26.9 Å². The van der Waals surface area contributed by atoms with Crippen molar-refractivity contribution in [3.05, 3.63) is 61.1 Å². The highest BCUT2D eigenvalue weighted by Crippen LogP contribution is 2.31. The van der Waals surface area contributed by atoms with Crippen molar-refractivity contribution in [2.75, 3.05) is 49.5 Å². The number of hydrogen-bond acceptors (Lipinski definition) is 7. The number of rotatable bonds is 6. The number of aromatic nitrogens is 4. The summed E-state index contributed by atoms with van der Waals surface area (Å²) in [6.07, 6.45) is 8.86. The molecule has 4 heterocycles. The lowest BCUT2D eigenvalue weighted by molar-refractivity contribution is -0.126. The molecule has 2 aromatic heterocycles. The predicted molar refractivity (Wildman–Crippen MR) is 138 cm³/mol. The molecule has 36 heavy (non-hydrogen) atoms. The summed E-state index contributed by atoms with van der Waals surface area (Å²) in [5, 5.41) is 7.40. The van der Waals surface area contributed by atoms with E-state index in [0.29, 0.717) is 37.7 Å². The quantitative estimate of drug-likeness (QED) is 0.535. The summed E-state index contributed by atoms with van der Waals surface area (Å²) in [6.45, 7) is 7.70. The van der Waals surface area contributed by atoms with E-state index in [4.69, 9.17) is 4.98 Å². The molecule has 2 amide bonds. The average molecular weight is 487 g/mol. The van der Waals surface area contributed by atoms with Gasteiger partial charge in [0, 0.05) is 69.8 Å². The molecule has 2 fully saturated rings. The number of carbonyl (C=O) groups excluding carboxylic acids is 2. The molecule has 0 bridgehead atoms. The van der Waals surface area contributed by atoms with Gasteiger partial charge in [0.15, 0.2) is 0 Å². The van der Waals surface area contributed by atoms with Crippen molar-refractivity contribution < 1.29 is 9.59 Å². The van der Waals surface area contributed by atoms with Crippen LogP contribution >= 0.6 is 0 Å². The Morgan fingerprint density at radius 1 is 0.972 bits per heavy atom. The highest BCUT2D eigenvalue weighted by atomic mass is 16.2. The van der Waals surface area contributed by atoms with Crippen LogP contribution in [0.5, 0.6) is 0 Å². The summed E-state index contributed by atoms with van der Waals surface area (Å²) < 4.78 is 1.71. The fourth-order valence-corrected chi connectivity index (χ4v) is 4.66. The molecule has 1 aromatic carbocycles. The number of benzene rings is 1. The lowest BCUT2D eigenvalue weighted by Gasteiger charge is -2.35. The van der Waals surface area contributed by atoms with E-state index in [-0.39, 0.29) is 11.8 Å². The second kappa shape index (κ2) is 10.2. The van der Waals surface area contributed by atoms with Gasteiger partial charge in [-0.25, -0.2) is 4.98 Å². The molecule has 0 spiro atoms. The van der Waals surface area contributed by atoms with Gasteiger partial charge < -0.3 is 20.0 Å². The Labute approximate surface area is 210 Å². The van der Waals surface area contributed by atoms with Crippen molar-refractivity contribution in [3.8, 4) is 11.1 Å². The average Bonchev–Trinajstić information content (AvgIpc) is 3.60. The number of anilines is 3. The first-order valence-electron chi connectivity index (χ1n) is 12.2. The molecule has 1 N–H and O–H groups in total. The summed E-state index contributed by atoms with van der Waals surface area (Å²) in [5.74, 6) is 1.26. The van der Waals surface area contributed by atoms with Crippen LogP contribution in [0, 0.1) is 0 Å². The maximum atomic E-state index is 12.8. The molecule has 0 atom stereocenters.